The molecule has 0 spiro atoms. The van der Waals surface area contributed by atoms with E-state index in [4.69, 9.17) is 4.74 Å². The highest BCUT2D eigenvalue weighted by atomic mass is 79.9. The van der Waals surface area contributed by atoms with Crippen LogP contribution in [0.5, 0.6) is 0 Å². The predicted octanol–water partition coefficient (Wildman–Crippen LogP) is 4.04. The quantitative estimate of drug-likeness (QED) is 0.886. The summed E-state index contributed by atoms with van der Waals surface area (Å²) in [7, 11) is 0. The van der Waals surface area contributed by atoms with Crippen LogP contribution in [0.2, 0.25) is 0 Å². The number of hydrogen-bond acceptors (Lipinski definition) is 3. The van der Waals surface area contributed by atoms with Crippen LogP contribution < -0.4 is 5.32 Å². The van der Waals surface area contributed by atoms with E-state index >= 15 is 0 Å². The molecule has 1 amide bonds. The van der Waals surface area contributed by atoms with Gasteiger partial charge in [0.2, 0.25) is 0 Å². The molecule has 1 aliphatic rings. The van der Waals surface area contributed by atoms with E-state index in [1.54, 1.807) is 4.90 Å². The van der Waals surface area contributed by atoms with Crippen LogP contribution >= 0.6 is 15.9 Å². The monoisotopic (exact) mass is 354 g/mol. The van der Waals surface area contributed by atoms with Crippen LogP contribution in [0.4, 0.5) is 10.5 Å². The molecule has 1 aromatic rings. The molecule has 116 valence electrons. The third kappa shape index (κ3) is 4.37. The number of likely N-dealkylation sites (tertiary alicyclic amines) is 1. The smallest absolute Gasteiger partial charge is 0.409 e. The van der Waals surface area contributed by atoms with E-state index in [-0.39, 0.29) is 6.09 Å². The number of anilines is 1. The van der Waals surface area contributed by atoms with Gasteiger partial charge in [-0.15, -0.1) is 0 Å². The normalized spacial score (nSPS) is 15.9. The lowest BCUT2D eigenvalue weighted by atomic mass is 10.0. The molecule has 0 radical (unpaired) electrons. The fraction of sp³-hybridized carbons (Fsp3) is 0.562. The Morgan fingerprint density at radius 1 is 1.38 bits per heavy atom. The van der Waals surface area contributed by atoms with Crippen LogP contribution in [0.3, 0.4) is 0 Å². The number of amides is 1. The highest BCUT2D eigenvalue weighted by Crippen LogP contribution is 2.24. The lowest BCUT2D eigenvalue weighted by Crippen LogP contribution is -2.42. The number of hydrogen-bond donors (Lipinski definition) is 1. The van der Waals surface area contributed by atoms with Crippen LogP contribution in [-0.2, 0) is 11.2 Å². The van der Waals surface area contributed by atoms with Crippen molar-refractivity contribution in [1.82, 2.24) is 4.90 Å². The summed E-state index contributed by atoms with van der Waals surface area (Å²) in [6.07, 6.45) is 2.73. The maximum atomic E-state index is 11.7. The van der Waals surface area contributed by atoms with E-state index in [2.05, 4.69) is 46.4 Å². The van der Waals surface area contributed by atoms with E-state index in [1.165, 1.54) is 11.3 Å². The maximum absolute atomic E-state index is 11.7. The van der Waals surface area contributed by atoms with E-state index < -0.39 is 0 Å². The van der Waals surface area contributed by atoms with Crippen LogP contribution in [0, 0.1) is 0 Å². The molecule has 0 unspecified atom stereocenters. The first-order chi connectivity index (χ1) is 10.1. The van der Waals surface area contributed by atoms with E-state index in [0.717, 1.165) is 36.8 Å². The van der Waals surface area contributed by atoms with Gasteiger partial charge < -0.3 is 15.0 Å². The zero-order valence-corrected chi connectivity index (χ0v) is 14.3. The standard InChI is InChI=1S/C16H23BrN2O2/c1-3-12-11-13(17)5-6-15(12)18-14-7-9-19(10-8-14)16(20)21-4-2/h5-6,11,14,18H,3-4,7-10H2,1-2H3. The molecule has 0 aliphatic carbocycles. The minimum absolute atomic E-state index is 0.186. The van der Waals surface area contributed by atoms with Crippen LogP contribution in [0.25, 0.3) is 0 Å². The molecule has 1 heterocycles. The largest absolute Gasteiger partial charge is 0.450 e. The predicted molar refractivity (Wildman–Crippen MR) is 88.8 cm³/mol. The van der Waals surface area contributed by atoms with Crippen LogP contribution in [-0.4, -0.2) is 36.7 Å². The number of piperidine rings is 1. The van der Waals surface area contributed by atoms with Crippen LogP contribution in [0.1, 0.15) is 32.3 Å². The molecule has 0 aromatic heterocycles. The van der Waals surface area contributed by atoms with Gasteiger partial charge in [0.25, 0.3) is 0 Å². The third-order valence-corrected chi connectivity index (χ3v) is 4.32. The van der Waals surface area contributed by atoms with E-state index in [0.29, 0.717) is 12.6 Å². The average molecular weight is 355 g/mol. The fourth-order valence-corrected chi connectivity index (χ4v) is 3.05. The topological polar surface area (TPSA) is 41.6 Å². The molecule has 4 nitrogen and oxygen atoms in total. The second-order valence-corrected chi connectivity index (χ2v) is 6.18. The lowest BCUT2D eigenvalue weighted by Gasteiger charge is -2.32. The van der Waals surface area contributed by atoms with Crippen molar-refractivity contribution < 1.29 is 9.53 Å². The van der Waals surface area contributed by atoms with E-state index in [1.807, 2.05) is 6.92 Å². The zero-order valence-electron chi connectivity index (χ0n) is 12.7. The van der Waals surface area contributed by atoms with Gasteiger partial charge in [0.05, 0.1) is 6.61 Å². The molecule has 5 heteroatoms. The van der Waals surface area contributed by atoms with Gasteiger partial charge >= 0.3 is 6.09 Å². The minimum Gasteiger partial charge on any atom is -0.450 e. The lowest BCUT2D eigenvalue weighted by molar-refractivity contribution is 0.0983. The molecular weight excluding hydrogens is 332 g/mol. The van der Waals surface area contributed by atoms with Crippen molar-refractivity contribution >= 4 is 27.7 Å². The van der Waals surface area contributed by atoms with Crippen LogP contribution in [0.15, 0.2) is 22.7 Å². The summed E-state index contributed by atoms with van der Waals surface area (Å²) in [5, 5.41) is 3.62. The Bertz CT molecular complexity index is 485. The number of nitrogens with one attached hydrogen (secondary N) is 1. The number of aryl methyl sites for hydroxylation is 1. The highest BCUT2D eigenvalue weighted by Gasteiger charge is 2.23. The molecule has 21 heavy (non-hydrogen) atoms. The summed E-state index contributed by atoms with van der Waals surface area (Å²) in [5.74, 6) is 0. The molecule has 0 atom stereocenters. The Morgan fingerprint density at radius 2 is 2.10 bits per heavy atom. The Kier molecular flexibility index (Phi) is 5.91. The van der Waals surface area contributed by atoms with Crippen molar-refractivity contribution in [2.45, 2.75) is 39.2 Å². The first kappa shape index (κ1) is 16.1. The molecule has 1 N–H and O–H groups in total. The average Bonchev–Trinajstić information content (AvgIpc) is 2.50. The van der Waals surface area contributed by atoms with Gasteiger partial charge in [-0.3, -0.25) is 0 Å². The van der Waals surface area contributed by atoms with Gasteiger partial charge in [-0.1, -0.05) is 22.9 Å². The number of carbonyl (C=O) groups is 1. The van der Waals surface area contributed by atoms with Gasteiger partial charge in [0, 0.05) is 29.3 Å². The first-order valence-electron chi connectivity index (χ1n) is 7.60. The number of carbonyl (C=O) groups excluding carboxylic acids is 1. The summed E-state index contributed by atoms with van der Waals surface area (Å²) in [5.41, 5.74) is 2.52. The highest BCUT2D eigenvalue weighted by molar-refractivity contribution is 9.10. The van der Waals surface area contributed by atoms with Gasteiger partial charge in [-0.05, 0) is 49.9 Å². The van der Waals surface area contributed by atoms with Gasteiger partial charge in [0.1, 0.15) is 0 Å². The summed E-state index contributed by atoms with van der Waals surface area (Å²) < 4.78 is 6.16. The number of benzene rings is 1. The first-order valence-corrected chi connectivity index (χ1v) is 8.40. The molecule has 0 saturated carbocycles. The third-order valence-electron chi connectivity index (χ3n) is 3.83. The summed E-state index contributed by atoms with van der Waals surface area (Å²) in [4.78, 5) is 13.5. The molecule has 1 aliphatic heterocycles. The second-order valence-electron chi connectivity index (χ2n) is 5.26. The van der Waals surface area contributed by atoms with Crippen molar-refractivity contribution in [3.05, 3.63) is 28.2 Å². The maximum Gasteiger partial charge on any atom is 0.409 e. The van der Waals surface area contributed by atoms with Gasteiger partial charge in [-0.2, -0.15) is 0 Å². The molecule has 1 saturated heterocycles. The van der Waals surface area contributed by atoms with Crippen molar-refractivity contribution in [2.75, 3.05) is 25.0 Å². The van der Waals surface area contributed by atoms with Gasteiger partial charge in [0.15, 0.2) is 0 Å². The van der Waals surface area contributed by atoms with Crippen molar-refractivity contribution in [3.8, 4) is 0 Å². The summed E-state index contributed by atoms with van der Waals surface area (Å²) >= 11 is 3.51. The molecular formula is C16H23BrN2O2. The Labute approximate surface area is 135 Å². The Morgan fingerprint density at radius 3 is 2.71 bits per heavy atom. The number of rotatable bonds is 4. The number of ether oxygens (including phenoxy) is 1. The molecule has 2 rings (SSSR count). The van der Waals surface area contributed by atoms with Crippen molar-refractivity contribution in [1.29, 1.82) is 0 Å². The fourth-order valence-electron chi connectivity index (χ4n) is 2.64. The SMILES string of the molecule is CCOC(=O)N1CCC(Nc2ccc(Br)cc2CC)CC1. The minimum atomic E-state index is -0.186. The Balaban J connectivity index is 1.90. The zero-order chi connectivity index (χ0) is 15.2. The van der Waals surface area contributed by atoms with Crippen molar-refractivity contribution in [2.24, 2.45) is 0 Å². The summed E-state index contributed by atoms with van der Waals surface area (Å²) in [6.45, 7) is 5.96. The number of halogens is 1. The van der Waals surface area contributed by atoms with Gasteiger partial charge in [-0.25, -0.2) is 4.79 Å². The molecule has 1 aromatic carbocycles. The van der Waals surface area contributed by atoms with Crippen molar-refractivity contribution in [3.63, 3.8) is 0 Å². The second kappa shape index (κ2) is 7.69. The molecule has 1 fully saturated rings. The van der Waals surface area contributed by atoms with E-state index in [9.17, 15) is 4.79 Å². The Hall–Kier alpha value is -1.23. The number of nitrogens with zero attached hydrogens (tertiary/aromatic N) is 1. The molecule has 0 bridgehead atoms. The summed E-state index contributed by atoms with van der Waals surface area (Å²) in [6, 6.07) is 6.77.